The minimum atomic E-state index is -3.73. The van der Waals surface area contributed by atoms with Gasteiger partial charge in [0.05, 0.1) is 17.6 Å². The van der Waals surface area contributed by atoms with Crippen LogP contribution in [-0.2, 0) is 14.8 Å². The van der Waals surface area contributed by atoms with E-state index in [1.807, 2.05) is 6.92 Å². The molecule has 6 heteroatoms. The molecule has 0 aromatic heterocycles. The van der Waals surface area contributed by atoms with Crippen molar-refractivity contribution in [2.24, 2.45) is 5.92 Å². The van der Waals surface area contributed by atoms with Crippen molar-refractivity contribution in [3.8, 4) is 0 Å². The van der Waals surface area contributed by atoms with E-state index in [-0.39, 0.29) is 16.5 Å². The molecule has 2 rings (SSSR count). The third-order valence-electron chi connectivity index (χ3n) is 4.03. The number of sulfonamides is 1. The number of benzene rings is 1. The van der Waals surface area contributed by atoms with Crippen LogP contribution < -0.4 is 4.72 Å². The van der Waals surface area contributed by atoms with Crippen molar-refractivity contribution in [3.05, 3.63) is 29.8 Å². The second-order valence-electron chi connectivity index (χ2n) is 5.44. The fraction of sp³-hybridized carbons (Fsp3) is 0.533. The summed E-state index contributed by atoms with van der Waals surface area (Å²) in [6.45, 7) is 1.88. The summed E-state index contributed by atoms with van der Waals surface area (Å²) in [6, 6.07) is 5.96. The monoisotopic (exact) mass is 311 g/mol. The molecule has 0 heterocycles. The molecule has 0 aliphatic heterocycles. The molecule has 0 spiro atoms. The van der Waals surface area contributed by atoms with E-state index >= 15 is 0 Å². The van der Waals surface area contributed by atoms with Crippen LogP contribution in [0.3, 0.4) is 0 Å². The topological polar surface area (TPSA) is 72.5 Å². The van der Waals surface area contributed by atoms with Crippen LogP contribution in [0, 0.1) is 5.92 Å². The van der Waals surface area contributed by atoms with Crippen molar-refractivity contribution in [1.29, 1.82) is 0 Å². The van der Waals surface area contributed by atoms with E-state index in [0.29, 0.717) is 5.92 Å². The Bertz CT molecular complexity index is 606. The molecule has 0 amide bonds. The average molecular weight is 311 g/mol. The number of hydrogen-bond donors (Lipinski definition) is 1. The van der Waals surface area contributed by atoms with Gasteiger partial charge in [-0.05, 0) is 37.8 Å². The Kier molecular flexibility index (Phi) is 5.00. The van der Waals surface area contributed by atoms with Gasteiger partial charge in [-0.2, -0.15) is 0 Å². The zero-order chi connectivity index (χ0) is 15.5. The highest BCUT2D eigenvalue weighted by molar-refractivity contribution is 7.89. The van der Waals surface area contributed by atoms with Crippen molar-refractivity contribution in [1.82, 2.24) is 4.72 Å². The van der Waals surface area contributed by atoms with Crippen LogP contribution in [0.4, 0.5) is 0 Å². The number of nitrogens with one attached hydrogen (secondary N) is 1. The van der Waals surface area contributed by atoms with Gasteiger partial charge in [-0.1, -0.05) is 25.0 Å². The number of carbonyl (C=O) groups is 1. The van der Waals surface area contributed by atoms with Crippen LogP contribution in [0.15, 0.2) is 29.2 Å². The normalized spacial score (nSPS) is 17.6. The largest absolute Gasteiger partial charge is 0.465 e. The SMILES string of the molecule is COC(=O)c1ccccc1S(=O)(=O)N[C@H](C)C1CCCC1. The molecule has 1 saturated carbocycles. The van der Waals surface area contributed by atoms with Crippen LogP contribution in [0.25, 0.3) is 0 Å². The number of ether oxygens (including phenoxy) is 1. The van der Waals surface area contributed by atoms with E-state index in [0.717, 1.165) is 25.7 Å². The molecule has 21 heavy (non-hydrogen) atoms. The third-order valence-corrected chi connectivity index (χ3v) is 5.65. The molecule has 0 saturated heterocycles. The quantitative estimate of drug-likeness (QED) is 0.847. The summed E-state index contributed by atoms with van der Waals surface area (Å²) >= 11 is 0. The number of rotatable bonds is 5. The summed E-state index contributed by atoms with van der Waals surface area (Å²) in [7, 11) is -2.50. The van der Waals surface area contributed by atoms with Gasteiger partial charge in [-0.25, -0.2) is 17.9 Å². The van der Waals surface area contributed by atoms with Crippen molar-refractivity contribution in [2.45, 2.75) is 43.5 Å². The first-order chi connectivity index (χ1) is 9.95. The summed E-state index contributed by atoms with van der Waals surface area (Å²) in [4.78, 5) is 11.7. The lowest BCUT2D eigenvalue weighted by atomic mass is 10.0. The minimum Gasteiger partial charge on any atom is -0.465 e. The highest BCUT2D eigenvalue weighted by Gasteiger charge is 2.28. The van der Waals surface area contributed by atoms with Gasteiger partial charge in [0, 0.05) is 6.04 Å². The summed E-state index contributed by atoms with van der Waals surface area (Å²) in [5, 5.41) is 0. The summed E-state index contributed by atoms with van der Waals surface area (Å²) in [5.41, 5.74) is 0.0612. The minimum absolute atomic E-state index is 0.0262. The molecule has 1 atom stereocenters. The number of carbonyl (C=O) groups excluding carboxylic acids is 1. The Labute approximate surface area is 125 Å². The number of methoxy groups -OCH3 is 1. The molecule has 1 N–H and O–H groups in total. The van der Waals surface area contributed by atoms with Gasteiger partial charge in [0.2, 0.25) is 10.0 Å². The van der Waals surface area contributed by atoms with E-state index in [2.05, 4.69) is 9.46 Å². The Balaban J connectivity index is 2.25. The molecule has 1 aliphatic carbocycles. The van der Waals surface area contributed by atoms with Crippen molar-refractivity contribution in [2.75, 3.05) is 7.11 Å². The summed E-state index contributed by atoms with van der Waals surface area (Å²) in [5.74, 6) is -0.283. The number of hydrogen-bond acceptors (Lipinski definition) is 4. The second-order valence-corrected chi connectivity index (χ2v) is 7.12. The van der Waals surface area contributed by atoms with Crippen LogP contribution >= 0.6 is 0 Å². The Morgan fingerprint density at radius 2 is 1.90 bits per heavy atom. The molecule has 0 radical (unpaired) electrons. The fourth-order valence-electron chi connectivity index (χ4n) is 2.84. The Morgan fingerprint density at radius 1 is 1.29 bits per heavy atom. The number of esters is 1. The van der Waals surface area contributed by atoms with Gasteiger partial charge in [0.15, 0.2) is 0 Å². The van der Waals surface area contributed by atoms with Crippen LogP contribution in [0.5, 0.6) is 0 Å². The predicted molar refractivity (Wildman–Crippen MR) is 79.5 cm³/mol. The maximum atomic E-state index is 12.5. The smallest absolute Gasteiger partial charge is 0.339 e. The molecule has 0 unspecified atom stereocenters. The van der Waals surface area contributed by atoms with Crippen LogP contribution in [-0.4, -0.2) is 27.5 Å². The molecule has 1 fully saturated rings. The maximum absolute atomic E-state index is 12.5. The summed E-state index contributed by atoms with van der Waals surface area (Å²) in [6.07, 6.45) is 4.38. The maximum Gasteiger partial charge on any atom is 0.339 e. The molecule has 1 aromatic rings. The van der Waals surface area contributed by atoms with E-state index in [1.54, 1.807) is 12.1 Å². The lowest BCUT2D eigenvalue weighted by Crippen LogP contribution is -2.37. The molecule has 5 nitrogen and oxygen atoms in total. The molecular weight excluding hydrogens is 290 g/mol. The van der Waals surface area contributed by atoms with E-state index < -0.39 is 16.0 Å². The van der Waals surface area contributed by atoms with Gasteiger partial charge >= 0.3 is 5.97 Å². The second kappa shape index (κ2) is 6.58. The third kappa shape index (κ3) is 3.63. The molecule has 116 valence electrons. The van der Waals surface area contributed by atoms with Crippen LogP contribution in [0.1, 0.15) is 43.0 Å². The van der Waals surface area contributed by atoms with Gasteiger partial charge in [0.25, 0.3) is 0 Å². The zero-order valence-corrected chi connectivity index (χ0v) is 13.2. The average Bonchev–Trinajstić information content (AvgIpc) is 3.00. The standard InChI is InChI=1S/C15H21NO4S/c1-11(12-7-3-4-8-12)16-21(18,19)14-10-6-5-9-13(14)15(17)20-2/h5-6,9-12,16H,3-4,7-8H2,1-2H3/t11-/m1/s1. The van der Waals surface area contributed by atoms with Crippen LogP contribution in [0.2, 0.25) is 0 Å². The first kappa shape index (κ1) is 16.0. The summed E-state index contributed by atoms with van der Waals surface area (Å²) < 4.78 is 32.4. The molecule has 1 aliphatic rings. The van der Waals surface area contributed by atoms with Gasteiger partial charge in [0.1, 0.15) is 0 Å². The Morgan fingerprint density at radius 3 is 2.52 bits per heavy atom. The van der Waals surface area contributed by atoms with Crippen molar-refractivity contribution < 1.29 is 17.9 Å². The highest BCUT2D eigenvalue weighted by atomic mass is 32.2. The van der Waals surface area contributed by atoms with E-state index in [4.69, 9.17) is 0 Å². The molecule has 1 aromatic carbocycles. The van der Waals surface area contributed by atoms with Gasteiger partial charge in [-0.15, -0.1) is 0 Å². The first-order valence-electron chi connectivity index (χ1n) is 7.15. The molecule has 0 bridgehead atoms. The van der Waals surface area contributed by atoms with E-state index in [1.165, 1.54) is 19.2 Å². The lowest BCUT2D eigenvalue weighted by Gasteiger charge is -2.21. The van der Waals surface area contributed by atoms with Gasteiger partial charge in [-0.3, -0.25) is 0 Å². The first-order valence-corrected chi connectivity index (χ1v) is 8.63. The highest BCUT2D eigenvalue weighted by Crippen LogP contribution is 2.28. The van der Waals surface area contributed by atoms with Crippen molar-refractivity contribution >= 4 is 16.0 Å². The Hall–Kier alpha value is -1.40. The predicted octanol–water partition coefficient (Wildman–Crippen LogP) is 2.33. The fourth-order valence-corrected chi connectivity index (χ4v) is 4.35. The zero-order valence-electron chi connectivity index (χ0n) is 12.3. The lowest BCUT2D eigenvalue weighted by molar-refractivity contribution is 0.0596. The van der Waals surface area contributed by atoms with E-state index in [9.17, 15) is 13.2 Å². The van der Waals surface area contributed by atoms with Gasteiger partial charge < -0.3 is 4.74 Å². The molecular formula is C15H21NO4S. The van der Waals surface area contributed by atoms with Crippen molar-refractivity contribution in [3.63, 3.8) is 0 Å².